The third kappa shape index (κ3) is 3.10. The van der Waals surface area contributed by atoms with E-state index in [4.69, 9.17) is 9.15 Å². The molecule has 32 heavy (non-hydrogen) atoms. The molecule has 2 aromatic carbocycles. The van der Waals surface area contributed by atoms with E-state index in [0.29, 0.717) is 17.9 Å². The first-order valence-electron chi connectivity index (χ1n) is 10.5. The lowest BCUT2D eigenvalue weighted by Crippen LogP contribution is -2.46. The Kier molecular flexibility index (Phi) is 4.65. The van der Waals surface area contributed by atoms with E-state index in [2.05, 4.69) is 5.32 Å². The number of benzene rings is 2. The molecule has 3 heterocycles. The summed E-state index contributed by atoms with van der Waals surface area (Å²) in [5, 5.41) is 3.54. The van der Waals surface area contributed by atoms with Gasteiger partial charge >= 0.3 is 6.03 Å². The van der Waals surface area contributed by atoms with Crippen LogP contribution in [0.15, 0.2) is 52.9 Å². The normalized spacial score (nSPS) is 20.4. The van der Waals surface area contributed by atoms with Crippen molar-refractivity contribution in [3.8, 4) is 5.75 Å². The maximum atomic E-state index is 13.3. The minimum atomic E-state index is -1.37. The van der Waals surface area contributed by atoms with Gasteiger partial charge in [-0.3, -0.25) is 14.5 Å². The van der Waals surface area contributed by atoms with Gasteiger partial charge in [-0.25, -0.2) is 4.79 Å². The fourth-order valence-corrected chi connectivity index (χ4v) is 4.42. The second-order valence-corrected chi connectivity index (χ2v) is 8.24. The minimum Gasteiger partial charge on any atom is -0.497 e. The molecule has 2 aliphatic rings. The van der Waals surface area contributed by atoms with Crippen LogP contribution in [0.5, 0.6) is 5.75 Å². The van der Waals surface area contributed by atoms with E-state index in [0.717, 1.165) is 40.1 Å². The minimum absolute atomic E-state index is 0.312. The van der Waals surface area contributed by atoms with Gasteiger partial charge in [0.15, 0.2) is 5.54 Å². The first kappa shape index (κ1) is 20.1. The van der Waals surface area contributed by atoms with Gasteiger partial charge < -0.3 is 19.4 Å². The van der Waals surface area contributed by atoms with Crippen molar-refractivity contribution in [1.82, 2.24) is 10.2 Å². The fourth-order valence-electron chi connectivity index (χ4n) is 4.42. The van der Waals surface area contributed by atoms with Crippen molar-refractivity contribution < 1.29 is 23.5 Å². The highest BCUT2D eigenvalue weighted by Gasteiger charge is 2.52. The monoisotopic (exact) mass is 433 g/mol. The summed E-state index contributed by atoms with van der Waals surface area (Å²) in [4.78, 5) is 41.7. The molecule has 0 aliphatic carbocycles. The highest BCUT2D eigenvalue weighted by molar-refractivity contribution is 6.10. The lowest BCUT2D eigenvalue weighted by Gasteiger charge is -2.30. The van der Waals surface area contributed by atoms with Crippen molar-refractivity contribution >= 4 is 34.5 Å². The van der Waals surface area contributed by atoms with Crippen LogP contribution in [-0.4, -0.2) is 42.9 Å². The van der Waals surface area contributed by atoms with E-state index >= 15 is 0 Å². The van der Waals surface area contributed by atoms with Gasteiger partial charge in [0.05, 0.1) is 7.11 Å². The lowest BCUT2D eigenvalue weighted by molar-refractivity contribution is -0.134. The SMILES string of the molecule is COc1ccc2c(c1)CCCN2C(=O)CN1C(=O)N[C@](C)(c2cc3ccccc3o2)C1=O. The Bertz CT molecular complexity index is 1220. The van der Waals surface area contributed by atoms with Crippen LogP contribution in [0.4, 0.5) is 10.5 Å². The van der Waals surface area contributed by atoms with Crippen molar-refractivity contribution in [2.45, 2.75) is 25.3 Å². The van der Waals surface area contributed by atoms with Crippen molar-refractivity contribution in [3.05, 3.63) is 59.9 Å². The Morgan fingerprint density at radius 1 is 1.19 bits per heavy atom. The van der Waals surface area contributed by atoms with Gasteiger partial charge in [-0.1, -0.05) is 18.2 Å². The average Bonchev–Trinajstić information content (AvgIpc) is 3.34. The molecule has 8 heteroatoms. The van der Waals surface area contributed by atoms with Crippen LogP contribution in [0.1, 0.15) is 24.7 Å². The summed E-state index contributed by atoms with van der Waals surface area (Å²) in [7, 11) is 1.60. The molecule has 3 aromatic rings. The molecule has 0 bridgehead atoms. The first-order valence-corrected chi connectivity index (χ1v) is 10.5. The maximum Gasteiger partial charge on any atom is 0.325 e. The number of nitrogens with zero attached hydrogens (tertiary/aromatic N) is 2. The number of hydrogen-bond donors (Lipinski definition) is 1. The van der Waals surface area contributed by atoms with Crippen LogP contribution in [0.3, 0.4) is 0 Å². The van der Waals surface area contributed by atoms with Gasteiger partial charge in [-0.2, -0.15) is 0 Å². The molecule has 5 rings (SSSR count). The van der Waals surface area contributed by atoms with Crippen molar-refractivity contribution in [2.75, 3.05) is 25.1 Å². The third-order valence-electron chi connectivity index (χ3n) is 6.19. The van der Waals surface area contributed by atoms with Crippen LogP contribution in [0.2, 0.25) is 0 Å². The molecule has 164 valence electrons. The predicted molar refractivity (Wildman–Crippen MR) is 117 cm³/mol. The number of para-hydroxylation sites is 1. The first-order chi connectivity index (χ1) is 15.4. The molecule has 0 radical (unpaired) electrons. The second kappa shape index (κ2) is 7.40. The number of rotatable bonds is 4. The highest BCUT2D eigenvalue weighted by Crippen LogP contribution is 2.34. The summed E-state index contributed by atoms with van der Waals surface area (Å²) in [6.45, 7) is 1.78. The summed E-state index contributed by atoms with van der Waals surface area (Å²) < 4.78 is 11.1. The molecule has 2 aliphatic heterocycles. The van der Waals surface area contributed by atoms with Crippen molar-refractivity contribution in [3.63, 3.8) is 0 Å². The number of anilines is 1. The van der Waals surface area contributed by atoms with Gasteiger partial charge in [-0.15, -0.1) is 0 Å². The van der Waals surface area contributed by atoms with E-state index < -0.39 is 17.5 Å². The Labute approximate surface area is 184 Å². The number of hydrogen-bond acceptors (Lipinski definition) is 5. The Hall–Kier alpha value is -3.81. The number of furan rings is 1. The van der Waals surface area contributed by atoms with Crippen LogP contribution >= 0.6 is 0 Å². The number of fused-ring (bicyclic) bond motifs is 2. The van der Waals surface area contributed by atoms with E-state index in [1.165, 1.54) is 0 Å². The predicted octanol–water partition coefficient (Wildman–Crippen LogP) is 3.19. The van der Waals surface area contributed by atoms with Crippen LogP contribution < -0.4 is 15.0 Å². The Morgan fingerprint density at radius 2 is 2.00 bits per heavy atom. The number of methoxy groups -OCH3 is 1. The molecule has 1 fully saturated rings. The van der Waals surface area contributed by atoms with Gasteiger partial charge in [0.25, 0.3) is 5.91 Å². The van der Waals surface area contributed by atoms with Crippen molar-refractivity contribution in [1.29, 1.82) is 0 Å². The summed E-state index contributed by atoms with van der Waals surface area (Å²) in [5.41, 5.74) is 1.05. The zero-order chi connectivity index (χ0) is 22.5. The summed E-state index contributed by atoms with van der Waals surface area (Å²) >= 11 is 0. The number of carbonyl (C=O) groups is 3. The van der Waals surface area contributed by atoms with E-state index in [-0.39, 0.29) is 12.5 Å². The zero-order valence-electron chi connectivity index (χ0n) is 17.9. The molecule has 1 atom stereocenters. The van der Waals surface area contributed by atoms with E-state index in [1.54, 1.807) is 37.1 Å². The van der Waals surface area contributed by atoms with Gasteiger partial charge in [0.2, 0.25) is 5.91 Å². The van der Waals surface area contributed by atoms with Crippen LogP contribution in [0.25, 0.3) is 11.0 Å². The van der Waals surface area contributed by atoms with Crippen LogP contribution in [-0.2, 0) is 21.5 Å². The Morgan fingerprint density at radius 3 is 2.78 bits per heavy atom. The lowest BCUT2D eigenvalue weighted by atomic mass is 9.98. The standard InChI is InChI=1S/C24H23N3O5/c1-24(20-13-16-6-3-4-8-19(16)32-20)22(29)27(23(30)25-24)14-21(28)26-11-5-7-15-12-17(31-2)9-10-18(15)26/h3-4,6,8-10,12-13H,5,7,11,14H2,1-2H3,(H,25,30)/t24-/m1/s1. The molecule has 0 spiro atoms. The molecule has 1 N–H and O–H groups in total. The molecule has 8 nitrogen and oxygen atoms in total. The quantitative estimate of drug-likeness (QED) is 0.638. The number of carbonyl (C=O) groups excluding carboxylic acids is 3. The maximum absolute atomic E-state index is 13.3. The third-order valence-corrected chi connectivity index (χ3v) is 6.19. The van der Waals surface area contributed by atoms with E-state index in [1.807, 2.05) is 30.3 Å². The molecule has 0 unspecified atom stereocenters. The number of ether oxygens (including phenoxy) is 1. The number of amides is 4. The number of urea groups is 1. The smallest absolute Gasteiger partial charge is 0.325 e. The Balaban J connectivity index is 1.39. The van der Waals surface area contributed by atoms with Crippen molar-refractivity contribution in [2.24, 2.45) is 0 Å². The number of aryl methyl sites for hydroxylation is 1. The average molecular weight is 433 g/mol. The zero-order valence-corrected chi connectivity index (χ0v) is 17.9. The van der Waals surface area contributed by atoms with Gasteiger partial charge in [0, 0.05) is 17.6 Å². The van der Waals surface area contributed by atoms with Gasteiger partial charge in [-0.05, 0) is 55.7 Å². The van der Waals surface area contributed by atoms with Crippen LogP contribution in [0, 0.1) is 0 Å². The molecule has 1 saturated heterocycles. The van der Waals surface area contributed by atoms with E-state index in [9.17, 15) is 14.4 Å². The number of nitrogens with one attached hydrogen (secondary N) is 1. The highest BCUT2D eigenvalue weighted by atomic mass is 16.5. The topological polar surface area (TPSA) is 92.1 Å². The fraction of sp³-hybridized carbons (Fsp3) is 0.292. The molecular formula is C24H23N3O5. The molecular weight excluding hydrogens is 410 g/mol. The largest absolute Gasteiger partial charge is 0.497 e. The summed E-state index contributed by atoms with van der Waals surface area (Å²) in [6, 6.07) is 14.1. The molecule has 0 saturated carbocycles. The summed E-state index contributed by atoms with van der Waals surface area (Å²) in [5.74, 6) is 0.242. The summed E-state index contributed by atoms with van der Waals surface area (Å²) in [6.07, 6.45) is 1.63. The number of imide groups is 1. The molecule has 1 aromatic heterocycles. The molecule has 4 amide bonds. The van der Waals surface area contributed by atoms with Gasteiger partial charge in [0.1, 0.15) is 23.6 Å². The second-order valence-electron chi connectivity index (χ2n) is 8.24.